The number of hydrogen-bond donors (Lipinski definition) is 1. The summed E-state index contributed by atoms with van der Waals surface area (Å²) >= 11 is 0. The van der Waals surface area contributed by atoms with Crippen molar-refractivity contribution in [1.82, 2.24) is 14.3 Å². The third-order valence-electron chi connectivity index (χ3n) is 4.22. The van der Waals surface area contributed by atoms with Gasteiger partial charge in [0, 0.05) is 36.2 Å². The second-order valence-corrected chi connectivity index (χ2v) is 5.69. The van der Waals surface area contributed by atoms with E-state index in [1.165, 1.54) is 28.9 Å². The molecule has 2 aromatic heterocycles. The van der Waals surface area contributed by atoms with E-state index in [1.54, 1.807) is 0 Å². The van der Waals surface area contributed by atoms with Crippen molar-refractivity contribution in [3.05, 3.63) is 40.5 Å². The van der Waals surface area contributed by atoms with Crippen molar-refractivity contribution in [1.29, 1.82) is 0 Å². The van der Waals surface area contributed by atoms with Crippen LogP contribution in [0.2, 0.25) is 0 Å². The predicted molar refractivity (Wildman–Crippen MR) is 76.1 cm³/mol. The van der Waals surface area contributed by atoms with Gasteiger partial charge in [-0.1, -0.05) is 0 Å². The number of aryl methyl sites for hydroxylation is 3. The van der Waals surface area contributed by atoms with Crippen LogP contribution in [-0.2, 0) is 20.0 Å². The van der Waals surface area contributed by atoms with E-state index in [1.807, 2.05) is 11.7 Å². The summed E-state index contributed by atoms with van der Waals surface area (Å²) < 4.78 is 4.31. The van der Waals surface area contributed by atoms with Crippen LogP contribution >= 0.6 is 0 Å². The summed E-state index contributed by atoms with van der Waals surface area (Å²) in [6.07, 6.45) is 5.58. The summed E-state index contributed by atoms with van der Waals surface area (Å²) in [6, 6.07) is 2.49. The van der Waals surface area contributed by atoms with Gasteiger partial charge in [-0.15, -0.1) is 0 Å². The maximum atomic E-state index is 6.23. The van der Waals surface area contributed by atoms with Gasteiger partial charge in [0.1, 0.15) is 0 Å². The Labute approximate surface area is 114 Å². The van der Waals surface area contributed by atoms with Gasteiger partial charge in [-0.2, -0.15) is 5.10 Å². The van der Waals surface area contributed by atoms with Crippen LogP contribution in [0.1, 0.15) is 47.1 Å². The van der Waals surface area contributed by atoms with Crippen LogP contribution in [0, 0.1) is 13.8 Å². The van der Waals surface area contributed by atoms with Crippen LogP contribution in [0.15, 0.2) is 12.3 Å². The minimum atomic E-state index is 0.221. The zero-order valence-corrected chi connectivity index (χ0v) is 12.0. The Bertz CT molecular complexity index is 606. The molecule has 0 aliphatic heterocycles. The molecule has 0 saturated carbocycles. The molecule has 102 valence electrons. The van der Waals surface area contributed by atoms with E-state index < -0.39 is 0 Å². The van der Waals surface area contributed by atoms with Gasteiger partial charge in [-0.3, -0.25) is 4.68 Å². The maximum absolute atomic E-state index is 6.23. The van der Waals surface area contributed by atoms with Crippen molar-refractivity contribution in [3.8, 4) is 0 Å². The van der Waals surface area contributed by atoms with E-state index in [4.69, 9.17) is 5.73 Å². The molecule has 1 atom stereocenters. The third kappa shape index (κ3) is 2.10. The first-order valence-electron chi connectivity index (χ1n) is 7.00. The molecule has 19 heavy (non-hydrogen) atoms. The number of fused-ring (bicyclic) bond motifs is 1. The molecule has 3 rings (SSSR count). The first-order valence-corrected chi connectivity index (χ1v) is 7.00. The fourth-order valence-corrected chi connectivity index (χ4v) is 3.19. The Hall–Kier alpha value is -1.55. The standard InChI is InChI=1S/C15H22N4/c1-10-7-13-14(16)5-4-6-15(13)19(10)9-12-8-18(3)17-11(12)2/h7-8,14H,4-6,9,16H2,1-3H3. The lowest BCUT2D eigenvalue weighted by atomic mass is 9.93. The van der Waals surface area contributed by atoms with Gasteiger partial charge in [0.05, 0.1) is 12.2 Å². The van der Waals surface area contributed by atoms with E-state index in [2.05, 4.69) is 35.8 Å². The first kappa shape index (κ1) is 12.5. The number of rotatable bonds is 2. The van der Waals surface area contributed by atoms with Crippen molar-refractivity contribution in [2.75, 3.05) is 0 Å². The molecular formula is C15H22N4. The minimum absolute atomic E-state index is 0.221. The molecule has 0 fully saturated rings. The first-order chi connectivity index (χ1) is 9.06. The average Bonchev–Trinajstić information content (AvgIpc) is 2.83. The monoisotopic (exact) mass is 258 g/mol. The highest BCUT2D eigenvalue weighted by Gasteiger charge is 2.22. The molecule has 0 aromatic carbocycles. The van der Waals surface area contributed by atoms with Crippen molar-refractivity contribution >= 4 is 0 Å². The zero-order chi connectivity index (χ0) is 13.6. The lowest BCUT2D eigenvalue weighted by Crippen LogP contribution is -2.18. The third-order valence-corrected chi connectivity index (χ3v) is 4.22. The number of nitrogens with two attached hydrogens (primary N) is 1. The Morgan fingerprint density at radius 3 is 2.89 bits per heavy atom. The molecule has 0 saturated heterocycles. The van der Waals surface area contributed by atoms with E-state index >= 15 is 0 Å². The maximum Gasteiger partial charge on any atom is 0.0643 e. The van der Waals surface area contributed by atoms with Gasteiger partial charge in [-0.25, -0.2) is 0 Å². The van der Waals surface area contributed by atoms with Gasteiger partial charge in [0.25, 0.3) is 0 Å². The van der Waals surface area contributed by atoms with E-state index in [0.717, 1.165) is 25.1 Å². The summed E-state index contributed by atoms with van der Waals surface area (Å²) in [6.45, 7) is 5.16. The lowest BCUT2D eigenvalue weighted by Gasteiger charge is -2.21. The van der Waals surface area contributed by atoms with Crippen LogP contribution in [0.5, 0.6) is 0 Å². The second kappa shape index (κ2) is 4.53. The van der Waals surface area contributed by atoms with Gasteiger partial charge >= 0.3 is 0 Å². The fourth-order valence-electron chi connectivity index (χ4n) is 3.19. The van der Waals surface area contributed by atoms with Gasteiger partial charge in [-0.05, 0) is 44.7 Å². The summed E-state index contributed by atoms with van der Waals surface area (Å²) in [5.41, 5.74) is 12.7. The van der Waals surface area contributed by atoms with Crippen molar-refractivity contribution in [3.63, 3.8) is 0 Å². The Kier molecular flexibility index (Phi) is 2.97. The van der Waals surface area contributed by atoms with Crippen molar-refractivity contribution in [2.24, 2.45) is 12.8 Å². The summed E-state index contributed by atoms with van der Waals surface area (Å²) in [4.78, 5) is 0. The van der Waals surface area contributed by atoms with Crippen LogP contribution in [0.3, 0.4) is 0 Å². The van der Waals surface area contributed by atoms with E-state index in [9.17, 15) is 0 Å². The molecule has 4 heteroatoms. The predicted octanol–water partition coefficient (Wildman–Crippen LogP) is 2.22. The molecule has 0 amide bonds. The van der Waals surface area contributed by atoms with Gasteiger partial charge < -0.3 is 10.3 Å². The Morgan fingerprint density at radius 1 is 1.42 bits per heavy atom. The molecule has 0 spiro atoms. The molecule has 2 N–H and O–H groups in total. The average molecular weight is 258 g/mol. The van der Waals surface area contributed by atoms with Gasteiger partial charge in [0.15, 0.2) is 0 Å². The normalized spacial score (nSPS) is 18.6. The number of nitrogens with zero attached hydrogens (tertiary/aromatic N) is 3. The Morgan fingerprint density at radius 2 is 2.21 bits per heavy atom. The topological polar surface area (TPSA) is 48.8 Å². The highest BCUT2D eigenvalue weighted by molar-refractivity contribution is 5.34. The molecule has 1 unspecified atom stereocenters. The van der Waals surface area contributed by atoms with Crippen LogP contribution in [0.25, 0.3) is 0 Å². The van der Waals surface area contributed by atoms with E-state index in [0.29, 0.717) is 0 Å². The van der Waals surface area contributed by atoms with Crippen molar-refractivity contribution < 1.29 is 0 Å². The fraction of sp³-hybridized carbons (Fsp3) is 0.533. The second-order valence-electron chi connectivity index (χ2n) is 5.69. The smallest absolute Gasteiger partial charge is 0.0643 e. The SMILES string of the molecule is Cc1nn(C)cc1Cn1c(C)cc2c1CCCC2N. The summed E-state index contributed by atoms with van der Waals surface area (Å²) in [7, 11) is 1.98. The largest absolute Gasteiger partial charge is 0.344 e. The molecule has 1 aliphatic rings. The molecule has 0 radical (unpaired) electrons. The van der Waals surface area contributed by atoms with E-state index in [-0.39, 0.29) is 6.04 Å². The summed E-state index contributed by atoms with van der Waals surface area (Å²) in [5.74, 6) is 0. The van der Waals surface area contributed by atoms with Crippen molar-refractivity contribution in [2.45, 2.75) is 45.7 Å². The molecule has 4 nitrogen and oxygen atoms in total. The minimum Gasteiger partial charge on any atom is -0.344 e. The molecular weight excluding hydrogens is 236 g/mol. The lowest BCUT2D eigenvalue weighted by molar-refractivity contribution is 0.546. The summed E-state index contributed by atoms with van der Waals surface area (Å²) in [5, 5.41) is 4.43. The Balaban J connectivity index is 1.99. The molecule has 1 aliphatic carbocycles. The molecule has 0 bridgehead atoms. The quantitative estimate of drug-likeness (QED) is 0.898. The van der Waals surface area contributed by atoms with Crippen LogP contribution < -0.4 is 5.73 Å². The number of hydrogen-bond acceptors (Lipinski definition) is 2. The highest BCUT2D eigenvalue weighted by atomic mass is 15.3. The van der Waals surface area contributed by atoms with Gasteiger partial charge in [0.2, 0.25) is 0 Å². The highest BCUT2D eigenvalue weighted by Crippen LogP contribution is 2.31. The zero-order valence-electron chi connectivity index (χ0n) is 12.0. The molecule has 2 heterocycles. The van der Waals surface area contributed by atoms with Crippen LogP contribution in [-0.4, -0.2) is 14.3 Å². The molecule has 2 aromatic rings. The van der Waals surface area contributed by atoms with Crippen LogP contribution in [0.4, 0.5) is 0 Å². The number of aromatic nitrogens is 3.